The molecule has 6 heteroatoms. The first-order valence-electron chi connectivity index (χ1n) is 4.38. The summed E-state index contributed by atoms with van der Waals surface area (Å²) >= 11 is 0. The van der Waals surface area contributed by atoms with Crippen LogP contribution in [0.1, 0.15) is 23.9 Å². The summed E-state index contributed by atoms with van der Waals surface area (Å²) in [6.45, 7) is 0.565. The van der Waals surface area contributed by atoms with Crippen LogP contribution in [0.4, 0.5) is 13.2 Å². The van der Waals surface area contributed by atoms with Gasteiger partial charge < -0.3 is 10.3 Å². The van der Waals surface area contributed by atoms with Crippen molar-refractivity contribution in [3.05, 3.63) is 17.7 Å². The average molecular weight is 205 g/mol. The molecule has 0 spiro atoms. The van der Waals surface area contributed by atoms with Gasteiger partial charge in [0.2, 0.25) is 0 Å². The monoisotopic (exact) mass is 205 g/mol. The maximum atomic E-state index is 12.2. The normalized spacial score (nSPS) is 22.1. The molecule has 2 heterocycles. The molecule has 1 aliphatic heterocycles. The maximum Gasteiger partial charge on any atom is 0.390 e. The number of H-pyrrole nitrogens is 1. The Hall–Kier alpha value is -1.04. The number of hydrogen-bond donors (Lipinski definition) is 2. The lowest BCUT2D eigenvalue weighted by Crippen LogP contribution is -2.33. The first-order valence-corrected chi connectivity index (χ1v) is 4.38. The van der Waals surface area contributed by atoms with Crippen LogP contribution >= 0.6 is 0 Å². The average Bonchev–Trinajstić information content (AvgIpc) is 2.49. The highest BCUT2D eigenvalue weighted by atomic mass is 19.4. The number of nitrogens with zero attached hydrogens (tertiary/aromatic N) is 1. The molecule has 1 aromatic heterocycles. The van der Waals surface area contributed by atoms with Gasteiger partial charge in [-0.05, 0) is 0 Å². The van der Waals surface area contributed by atoms with E-state index < -0.39 is 18.6 Å². The van der Waals surface area contributed by atoms with E-state index in [1.807, 2.05) is 0 Å². The van der Waals surface area contributed by atoms with Gasteiger partial charge in [-0.15, -0.1) is 0 Å². The van der Waals surface area contributed by atoms with Gasteiger partial charge in [0.15, 0.2) is 0 Å². The first-order chi connectivity index (χ1) is 6.56. The topological polar surface area (TPSA) is 40.7 Å². The van der Waals surface area contributed by atoms with Crippen LogP contribution in [-0.4, -0.2) is 22.7 Å². The van der Waals surface area contributed by atoms with E-state index in [4.69, 9.17) is 0 Å². The smallest absolute Gasteiger partial charge is 0.348 e. The summed E-state index contributed by atoms with van der Waals surface area (Å²) in [5.74, 6) is 0. The SMILES string of the molecule is FC(F)(F)CC1NCCc2[nH]cnc21. The van der Waals surface area contributed by atoms with Crippen molar-refractivity contribution in [2.75, 3.05) is 6.54 Å². The minimum atomic E-state index is -4.15. The number of nitrogens with one attached hydrogen (secondary N) is 2. The molecule has 0 radical (unpaired) electrons. The molecule has 1 unspecified atom stereocenters. The number of aromatic nitrogens is 2. The van der Waals surface area contributed by atoms with Crippen molar-refractivity contribution in [1.82, 2.24) is 15.3 Å². The lowest BCUT2D eigenvalue weighted by Gasteiger charge is -2.23. The van der Waals surface area contributed by atoms with E-state index in [1.165, 1.54) is 6.33 Å². The molecular weight excluding hydrogens is 195 g/mol. The Bertz CT molecular complexity index is 318. The predicted molar refractivity (Wildman–Crippen MR) is 43.7 cm³/mol. The van der Waals surface area contributed by atoms with Crippen LogP contribution in [0.15, 0.2) is 6.33 Å². The van der Waals surface area contributed by atoms with Crippen molar-refractivity contribution < 1.29 is 13.2 Å². The summed E-state index contributed by atoms with van der Waals surface area (Å²) in [6, 6.07) is -0.690. The van der Waals surface area contributed by atoms with E-state index in [-0.39, 0.29) is 0 Å². The van der Waals surface area contributed by atoms with Crippen LogP contribution in [0, 0.1) is 0 Å². The van der Waals surface area contributed by atoms with E-state index in [1.54, 1.807) is 0 Å². The summed E-state index contributed by atoms with van der Waals surface area (Å²) in [5, 5.41) is 2.82. The second-order valence-electron chi connectivity index (χ2n) is 3.34. The Morgan fingerprint density at radius 1 is 1.50 bits per heavy atom. The Kier molecular flexibility index (Phi) is 2.22. The fourth-order valence-electron chi connectivity index (χ4n) is 1.70. The third-order valence-electron chi connectivity index (χ3n) is 2.28. The number of halogens is 3. The van der Waals surface area contributed by atoms with Crippen molar-refractivity contribution in [2.24, 2.45) is 0 Å². The fourth-order valence-corrected chi connectivity index (χ4v) is 1.70. The number of alkyl halides is 3. The Morgan fingerprint density at radius 3 is 3.00 bits per heavy atom. The van der Waals surface area contributed by atoms with Crippen molar-refractivity contribution in [2.45, 2.75) is 25.1 Å². The van der Waals surface area contributed by atoms with Crippen molar-refractivity contribution >= 4 is 0 Å². The van der Waals surface area contributed by atoms with Gasteiger partial charge >= 0.3 is 6.18 Å². The molecule has 0 bridgehead atoms. The van der Waals surface area contributed by atoms with Crippen LogP contribution in [-0.2, 0) is 6.42 Å². The van der Waals surface area contributed by atoms with E-state index in [2.05, 4.69) is 15.3 Å². The molecule has 1 atom stereocenters. The minimum absolute atomic E-state index is 0.508. The highest BCUT2D eigenvalue weighted by molar-refractivity contribution is 5.19. The van der Waals surface area contributed by atoms with Gasteiger partial charge in [0.25, 0.3) is 0 Å². The molecule has 0 saturated heterocycles. The second-order valence-corrected chi connectivity index (χ2v) is 3.34. The highest BCUT2D eigenvalue weighted by Gasteiger charge is 2.35. The third kappa shape index (κ3) is 1.89. The van der Waals surface area contributed by atoms with E-state index in [0.29, 0.717) is 18.7 Å². The quantitative estimate of drug-likeness (QED) is 0.730. The number of aromatic amines is 1. The maximum absolute atomic E-state index is 12.2. The molecule has 0 aromatic carbocycles. The predicted octanol–water partition coefficient (Wildman–Crippen LogP) is 1.55. The van der Waals surface area contributed by atoms with Crippen molar-refractivity contribution in [1.29, 1.82) is 0 Å². The fraction of sp³-hybridized carbons (Fsp3) is 0.625. The Balaban J connectivity index is 2.16. The molecule has 0 saturated carbocycles. The Labute approximate surface area is 78.7 Å². The van der Waals surface area contributed by atoms with Crippen molar-refractivity contribution in [3.8, 4) is 0 Å². The van der Waals surface area contributed by atoms with E-state index >= 15 is 0 Å². The first kappa shape index (κ1) is 9.51. The largest absolute Gasteiger partial charge is 0.390 e. The number of imidazole rings is 1. The zero-order chi connectivity index (χ0) is 10.2. The third-order valence-corrected chi connectivity index (χ3v) is 2.28. The summed E-state index contributed by atoms with van der Waals surface area (Å²) < 4.78 is 36.5. The zero-order valence-electron chi connectivity index (χ0n) is 7.36. The molecule has 2 N–H and O–H groups in total. The standard InChI is InChI=1S/C8H10F3N3/c9-8(10,11)3-6-7-5(1-2-12-6)13-4-14-7/h4,6,12H,1-3H2,(H,13,14). The lowest BCUT2D eigenvalue weighted by atomic mass is 10.0. The van der Waals surface area contributed by atoms with E-state index in [0.717, 1.165) is 5.69 Å². The van der Waals surface area contributed by atoms with Crippen LogP contribution in [0.3, 0.4) is 0 Å². The minimum Gasteiger partial charge on any atom is -0.348 e. The summed E-state index contributed by atoms with van der Waals surface area (Å²) in [4.78, 5) is 6.76. The lowest BCUT2D eigenvalue weighted by molar-refractivity contribution is -0.140. The molecule has 78 valence electrons. The van der Waals surface area contributed by atoms with Crippen LogP contribution in [0.25, 0.3) is 0 Å². The molecule has 1 aromatic rings. The van der Waals surface area contributed by atoms with Gasteiger partial charge in [-0.3, -0.25) is 0 Å². The Morgan fingerprint density at radius 2 is 2.29 bits per heavy atom. The molecular formula is C8H10F3N3. The zero-order valence-corrected chi connectivity index (χ0v) is 7.36. The highest BCUT2D eigenvalue weighted by Crippen LogP contribution is 2.31. The van der Waals surface area contributed by atoms with Crippen molar-refractivity contribution in [3.63, 3.8) is 0 Å². The molecule has 0 aliphatic carbocycles. The number of hydrogen-bond acceptors (Lipinski definition) is 2. The summed E-state index contributed by atoms with van der Waals surface area (Å²) in [6.07, 6.45) is -2.85. The molecule has 3 nitrogen and oxygen atoms in total. The molecule has 1 aliphatic rings. The molecule has 2 rings (SSSR count). The van der Waals surface area contributed by atoms with E-state index in [9.17, 15) is 13.2 Å². The van der Waals surface area contributed by atoms with Gasteiger partial charge in [0.1, 0.15) is 0 Å². The van der Waals surface area contributed by atoms with Crippen LogP contribution < -0.4 is 5.32 Å². The number of rotatable bonds is 1. The number of fused-ring (bicyclic) bond motifs is 1. The summed E-state index contributed by atoms with van der Waals surface area (Å²) in [5.41, 5.74) is 1.33. The summed E-state index contributed by atoms with van der Waals surface area (Å²) in [7, 11) is 0. The molecule has 14 heavy (non-hydrogen) atoms. The molecule has 0 amide bonds. The van der Waals surface area contributed by atoms with Crippen LogP contribution in [0.5, 0.6) is 0 Å². The van der Waals surface area contributed by atoms with Gasteiger partial charge in [0.05, 0.1) is 24.5 Å². The second kappa shape index (κ2) is 3.27. The van der Waals surface area contributed by atoms with Crippen LogP contribution in [0.2, 0.25) is 0 Å². The van der Waals surface area contributed by atoms with Gasteiger partial charge in [-0.25, -0.2) is 4.98 Å². The molecule has 0 fully saturated rings. The van der Waals surface area contributed by atoms with Gasteiger partial charge in [-0.1, -0.05) is 0 Å². The van der Waals surface area contributed by atoms with Gasteiger partial charge in [0, 0.05) is 18.7 Å². The van der Waals surface area contributed by atoms with Gasteiger partial charge in [-0.2, -0.15) is 13.2 Å².